The van der Waals surface area contributed by atoms with Gasteiger partial charge in [-0.3, -0.25) is 0 Å². The lowest BCUT2D eigenvalue weighted by Gasteiger charge is -2.22. The molecule has 0 fully saturated rings. The highest BCUT2D eigenvalue weighted by atomic mass is 14.2. The maximum atomic E-state index is 2.37. The Morgan fingerprint density at radius 3 is 1.14 bits per heavy atom. The number of rotatable bonds is 2. The van der Waals surface area contributed by atoms with Crippen molar-refractivity contribution in [2.45, 2.75) is 0 Å². The third-order valence-electron chi connectivity index (χ3n) is 5.75. The fraction of sp³-hybridized carbons (Fsp3) is 0. The van der Waals surface area contributed by atoms with Gasteiger partial charge in [0.05, 0.1) is 0 Å². The van der Waals surface area contributed by atoms with Crippen LogP contribution >= 0.6 is 0 Å². The van der Waals surface area contributed by atoms with E-state index in [1.165, 1.54) is 54.3 Å². The van der Waals surface area contributed by atoms with E-state index in [4.69, 9.17) is 0 Å². The molecule has 0 nitrogen and oxygen atoms in total. The van der Waals surface area contributed by atoms with E-state index in [2.05, 4.69) is 109 Å². The maximum absolute atomic E-state index is 2.37. The molecule has 0 saturated heterocycles. The number of hydrogen-bond donors (Lipinski definition) is 0. The Kier molecular flexibility index (Phi) is 3.27. The van der Waals surface area contributed by atoms with E-state index >= 15 is 0 Å². The lowest BCUT2D eigenvalue weighted by atomic mass is 9.80. The Bertz CT molecular complexity index is 1360. The first kappa shape index (κ1) is 15.4. The summed E-state index contributed by atoms with van der Waals surface area (Å²) in [5, 5.41) is 7.90. The van der Waals surface area contributed by atoms with Gasteiger partial charge >= 0.3 is 0 Å². The van der Waals surface area contributed by atoms with Gasteiger partial charge in [-0.15, -0.1) is 0 Å². The monoisotopic (exact) mass is 354 g/mol. The van der Waals surface area contributed by atoms with E-state index in [-0.39, 0.29) is 0 Å². The minimum Gasteiger partial charge on any atom is -0.0622 e. The molecule has 6 rings (SSSR count). The maximum Gasteiger partial charge on any atom is -0.00201 e. The molecule has 0 amide bonds. The summed E-state index contributed by atoms with van der Waals surface area (Å²) in [6.07, 6.45) is 0. The first-order valence-corrected chi connectivity index (χ1v) is 9.71. The number of hydrogen-bond acceptors (Lipinski definition) is 0. The molecule has 0 spiro atoms. The van der Waals surface area contributed by atoms with Gasteiger partial charge in [0, 0.05) is 0 Å². The molecule has 0 aliphatic heterocycles. The Morgan fingerprint density at radius 2 is 0.714 bits per heavy atom. The van der Waals surface area contributed by atoms with Crippen molar-refractivity contribution in [2.75, 3.05) is 0 Å². The van der Waals surface area contributed by atoms with Gasteiger partial charge in [-0.1, -0.05) is 84.9 Å². The SMILES string of the molecule is c1ccc(C2=c3cc4cc5ccccc5cc4cc3=C2c2ccccc2)cc1. The number of benzene rings is 5. The zero-order valence-corrected chi connectivity index (χ0v) is 15.4. The van der Waals surface area contributed by atoms with Crippen molar-refractivity contribution in [3.8, 4) is 0 Å². The molecule has 5 aromatic rings. The molecule has 0 bridgehead atoms. The molecule has 130 valence electrons. The largest absolute Gasteiger partial charge is 0.0622 e. The van der Waals surface area contributed by atoms with Crippen molar-refractivity contribution in [3.63, 3.8) is 0 Å². The Labute approximate surface area is 163 Å². The van der Waals surface area contributed by atoms with Gasteiger partial charge in [0.25, 0.3) is 0 Å². The van der Waals surface area contributed by atoms with Crippen LogP contribution in [0.4, 0.5) is 0 Å². The van der Waals surface area contributed by atoms with Crippen molar-refractivity contribution < 1.29 is 0 Å². The zero-order chi connectivity index (χ0) is 18.5. The second-order valence-corrected chi connectivity index (χ2v) is 7.43. The summed E-state index contributed by atoms with van der Waals surface area (Å²) < 4.78 is 0. The number of fused-ring (bicyclic) bond motifs is 3. The molecule has 0 saturated carbocycles. The molecule has 0 atom stereocenters. The summed E-state index contributed by atoms with van der Waals surface area (Å²) in [6.45, 7) is 0. The second-order valence-electron chi connectivity index (χ2n) is 7.43. The molecule has 0 N–H and O–H groups in total. The minimum absolute atomic E-state index is 1.29. The standard InChI is InChI=1S/C28H18/c1-3-9-19(10-4-1)27-25-17-23-15-21-13-7-8-14-22(21)16-24(23)18-26(25)28(27)20-11-5-2-6-12-20/h1-18H. The summed E-state index contributed by atoms with van der Waals surface area (Å²) in [4.78, 5) is 0. The van der Waals surface area contributed by atoms with Crippen molar-refractivity contribution in [1.29, 1.82) is 0 Å². The van der Waals surface area contributed by atoms with Crippen LogP contribution in [0.2, 0.25) is 0 Å². The molecular formula is C28H18. The van der Waals surface area contributed by atoms with E-state index in [0.29, 0.717) is 0 Å². The van der Waals surface area contributed by atoms with Crippen LogP contribution in [-0.4, -0.2) is 0 Å². The van der Waals surface area contributed by atoms with Crippen LogP contribution in [0.1, 0.15) is 11.1 Å². The Hall–Kier alpha value is -3.64. The van der Waals surface area contributed by atoms with Gasteiger partial charge in [-0.05, 0) is 78.5 Å². The fourth-order valence-corrected chi connectivity index (χ4v) is 4.42. The van der Waals surface area contributed by atoms with Gasteiger partial charge in [0.1, 0.15) is 0 Å². The Morgan fingerprint density at radius 1 is 0.321 bits per heavy atom. The molecule has 1 aliphatic rings. The van der Waals surface area contributed by atoms with Crippen LogP contribution in [0.15, 0.2) is 109 Å². The van der Waals surface area contributed by atoms with Gasteiger partial charge in [-0.2, -0.15) is 0 Å². The lowest BCUT2D eigenvalue weighted by molar-refractivity contribution is 1.41. The molecule has 0 heterocycles. The van der Waals surface area contributed by atoms with E-state index in [1.54, 1.807) is 0 Å². The highest BCUT2D eigenvalue weighted by molar-refractivity contribution is 6.10. The molecule has 0 aromatic heterocycles. The summed E-state index contributed by atoms with van der Waals surface area (Å²) in [6, 6.07) is 39.5. The van der Waals surface area contributed by atoms with E-state index in [1.807, 2.05) is 0 Å². The first-order valence-electron chi connectivity index (χ1n) is 9.71. The predicted molar refractivity (Wildman–Crippen MR) is 119 cm³/mol. The second kappa shape index (κ2) is 5.94. The third-order valence-corrected chi connectivity index (χ3v) is 5.75. The van der Waals surface area contributed by atoms with Crippen LogP contribution < -0.4 is 10.4 Å². The van der Waals surface area contributed by atoms with E-state index < -0.39 is 0 Å². The summed E-state index contributed by atoms with van der Waals surface area (Å²) in [5.41, 5.74) is 5.29. The zero-order valence-electron chi connectivity index (χ0n) is 15.4. The quantitative estimate of drug-likeness (QED) is 0.372. The smallest absolute Gasteiger partial charge is 0.00201 e. The van der Waals surface area contributed by atoms with Crippen LogP contribution in [0, 0.1) is 0 Å². The summed E-state index contributed by atoms with van der Waals surface area (Å²) >= 11 is 0. The van der Waals surface area contributed by atoms with Crippen molar-refractivity contribution >= 4 is 32.7 Å². The van der Waals surface area contributed by atoms with Crippen molar-refractivity contribution in [1.82, 2.24) is 0 Å². The van der Waals surface area contributed by atoms with E-state index in [0.717, 1.165) is 0 Å². The summed E-state index contributed by atoms with van der Waals surface area (Å²) in [5.74, 6) is 0. The van der Waals surface area contributed by atoms with Crippen molar-refractivity contribution in [2.24, 2.45) is 0 Å². The molecule has 5 aromatic carbocycles. The molecule has 1 aliphatic carbocycles. The topological polar surface area (TPSA) is 0 Å². The Balaban J connectivity index is 1.72. The van der Waals surface area contributed by atoms with Gasteiger partial charge in [0.2, 0.25) is 0 Å². The first-order chi connectivity index (χ1) is 13.9. The normalized spacial score (nSPS) is 12.9. The predicted octanol–water partition coefficient (Wildman–Crippen LogP) is 5.40. The highest BCUT2D eigenvalue weighted by Crippen LogP contribution is 2.31. The third kappa shape index (κ3) is 2.25. The average molecular weight is 354 g/mol. The van der Waals surface area contributed by atoms with Crippen LogP contribution in [0.5, 0.6) is 0 Å². The minimum atomic E-state index is 1.29. The van der Waals surface area contributed by atoms with Crippen LogP contribution in [-0.2, 0) is 0 Å². The van der Waals surface area contributed by atoms with Crippen molar-refractivity contribution in [3.05, 3.63) is 131 Å². The molecular weight excluding hydrogens is 336 g/mol. The van der Waals surface area contributed by atoms with Crippen LogP contribution in [0.25, 0.3) is 32.7 Å². The molecule has 0 unspecified atom stereocenters. The molecule has 0 heteroatoms. The van der Waals surface area contributed by atoms with Crippen LogP contribution in [0.3, 0.4) is 0 Å². The lowest BCUT2D eigenvalue weighted by Crippen LogP contribution is -2.39. The van der Waals surface area contributed by atoms with E-state index in [9.17, 15) is 0 Å². The molecule has 0 radical (unpaired) electrons. The fourth-order valence-electron chi connectivity index (χ4n) is 4.42. The van der Waals surface area contributed by atoms with Gasteiger partial charge in [-0.25, -0.2) is 0 Å². The molecule has 28 heavy (non-hydrogen) atoms. The summed E-state index contributed by atoms with van der Waals surface area (Å²) in [7, 11) is 0. The van der Waals surface area contributed by atoms with Gasteiger partial charge < -0.3 is 0 Å². The van der Waals surface area contributed by atoms with Gasteiger partial charge in [0.15, 0.2) is 0 Å². The highest BCUT2D eigenvalue weighted by Gasteiger charge is 2.21. The average Bonchev–Trinajstić information content (AvgIpc) is 2.75.